The molecule has 0 saturated heterocycles. The highest BCUT2D eigenvalue weighted by atomic mass is 16.5. The number of rotatable bonds is 6. The molecule has 4 heteroatoms. The molecule has 0 aromatic heterocycles. The van der Waals surface area contributed by atoms with Crippen LogP contribution in [0.2, 0.25) is 0 Å². The van der Waals surface area contributed by atoms with Gasteiger partial charge >= 0.3 is 0 Å². The van der Waals surface area contributed by atoms with Crippen molar-refractivity contribution in [3.63, 3.8) is 0 Å². The van der Waals surface area contributed by atoms with E-state index in [4.69, 9.17) is 9.73 Å². The molecule has 3 aliphatic heterocycles. The van der Waals surface area contributed by atoms with Crippen molar-refractivity contribution in [2.45, 2.75) is 11.6 Å². The number of dihydropyridines is 1. The van der Waals surface area contributed by atoms with Crippen LogP contribution < -0.4 is 15.4 Å². The van der Waals surface area contributed by atoms with Crippen LogP contribution in [0.1, 0.15) is 45.1 Å². The fourth-order valence-corrected chi connectivity index (χ4v) is 9.87. The summed E-state index contributed by atoms with van der Waals surface area (Å²) in [6, 6.07) is 71.6. The molecule has 1 atom stereocenters. The fourth-order valence-electron chi connectivity index (χ4n) is 9.87. The van der Waals surface area contributed by atoms with Gasteiger partial charge in [0.25, 0.3) is 0 Å². The first-order valence-corrected chi connectivity index (χ1v) is 21.4. The Morgan fingerprint density at radius 1 is 0.484 bits per heavy atom. The topological polar surface area (TPSA) is 45.6 Å². The van der Waals surface area contributed by atoms with E-state index in [1.165, 1.54) is 44.7 Å². The molecule has 1 unspecified atom stereocenters. The van der Waals surface area contributed by atoms with Crippen LogP contribution in [0.15, 0.2) is 229 Å². The Morgan fingerprint density at radius 3 is 1.74 bits per heavy atom. The molecule has 8 aromatic carbocycles. The van der Waals surface area contributed by atoms with Crippen molar-refractivity contribution < 1.29 is 4.74 Å². The van der Waals surface area contributed by atoms with Crippen LogP contribution in [0.5, 0.6) is 11.5 Å². The molecule has 0 bridgehead atoms. The van der Waals surface area contributed by atoms with Gasteiger partial charge in [-0.1, -0.05) is 188 Å². The van der Waals surface area contributed by atoms with Crippen LogP contribution in [-0.4, -0.2) is 12.3 Å². The first-order chi connectivity index (χ1) is 30.7. The third-order valence-electron chi connectivity index (χ3n) is 12.8. The summed E-state index contributed by atoms with van der Waals surface area (Å²) in [5, 5.41) is 7.60. The highest BCUT2D eigenvalue weighted by molar-refractivity contribution is 6.13. The maximum Gasteiger partial charge on any atom is 0.145 e. The summed E-state index contributed by atoms with van der Waals surface area (Å²) < 4.78 is 6.56. The van der Waals surface area contributed by atoms with Crippen LogP contribution in [0.4, 0.5) is 0 Å². The summed E-state index contributed by atoms with van der Waals surface area (Å²) in [5.74, 6) is 1.80. The van der Waals surface area contributed by atoms with E-state index in [2.05, 4.69) is 229 Å². The van der Waals surface area contributed by atoms with E-state index in [-0.39, 0.29) is 6.17 Å². The first-order valence-electron chi connectivity index (χ1n) is 21.4. The number of aliphatic imine (C=N–C) groups is 1. The smallest absolute Gasteiger partial charge is 0.145 e. The van der Waals surface area contributed by atoms with Crippen LogP contribution in [0, 0.1) is 0 Å². The molecule has 1 spiro atoms. The molecular weight excluding hydrogens is 755 g/mol. The lowest BCUT2D eigenvalue weighted by Crippen LogP contribution is -2.39. The van der Waals surface area contributed by atoms with Crippen molar-refractivity contribution in [2.24, 2.45) is 4.99 Å². The third kappa shape index (κ3) is 5.87. The minimum Gasteiger partial charge on any atom is -0.457 e. The van der Waals surface area contributed by atoms with E-state index in [0.29, 0.717) is 0 Å². The molecule has 294 valence electrons. The van der Waals surface area contributed by atoms with Crippen molar-refractivity contribution >= 4 is 17.0 Å². The number of allylic oxidation sites excluding steroid dienone is 4. The summed E-state index contributed by atoms with van der Waals surface area (Å²) in [4.78, 5) is 5.23. The predicted octanol–water partition coefficient (Wildman–Crippen LogP) is 13.1. The van der Waals surface area contributed by atoms with Crippen molar-refractivity contribution in [2.75, 3.05) is 6.54 Å². The van der Waals surface area contributed by atoms with E-state index >= 15 is 0 Å². The number of ether oxygens (including phenoxy) is 1. The van der Waals surface area contributed by atoms with Crippen LogP contribution in [0.3, 0.4) is 0 Å². The summed E-state index contributed by atoms with van der Waals surface area (Å²) >= 11 is 0. The number of hydrogen-bond acceptors (Lipinski definition) is 4. The lowest BCUT2D eigenvalue weighted by atomic mass is 9.67. The minimum absolute atomic E-state index is 0.218. The second kappa shape index (κ2) is 14.6. The van der Waals surface area contributed by atoms with E-state index in [0.717, 1.165) is 68.4 Å². The highest BCUT2D eigenvalue weighted by Gasteiger charge is 2.52. The Kier molecular flexibility index (Phi) is 8.49. The summed E-state index contributed by atoms with van der Waals surface area (Å²) in [5.41, 5.74) is 19.2. The highest BCUT2D eigenvalue weighted by Crippen LogP contribution is 2.61. The monoisotopic (exact) mass is 795 g/mol. The third-order valence-corrected chi connectivity index (χ3v) is 12.8. The van der Waals surface area contributed by atoms with E-state index in [9.17, 15) is 0 Å². The lowest BCUT2D eigenvalue weighted by Gasteiger charge is -2.41. The van der Waals surface area contributed by atoms with E-state index in [1.807, 2.05) is 0 Å². The minimum atomic E-state index is -0.519. The Morgan fingerprint density at radius 2 is 1.03 bits per heavy atom. The molecule has 2 N–H and O–H groups in total. The normalized spacial score (nSPS) is 16.4. The zero-order valence-electron chi connectivity index (χ0n) is 33.9. The second-order valence-corrected chi connectivity index (χ2v) is 16.3. The Labute approximate surface area is 361 Å². The quantitative estimate of drug-likeness (QED) is 0.176. The van der Waals surface area contributed by atoms with E-state index in [1.54, 1.807) is 0 Å². The number of para-hydroxylation sites is 2. The SMILES string of the molecule is C1=CC2=C(NC1)C1(c3ccccc3Oc3ccccc31)c1cc(-c3ccc(-c4cccc(C5=CC(c6ccc(-c7ccccc7)cc6)=NC(c6ccccc6)N5)c4)cc3)ccc12. The number of nitrogens with one attached hydrogen (secondary N) is 2. The average molecular weight is 796 g/mol. The van der Waals surface area contributed by atoms with Crippen molar-refractivity contribution in [3.8, 4) is 44.9 Å². The average Bonchev–Trinajstić information content (AvgIpc) is 3.64. The maximum atomic E-state index is 6.56. The van der Waals surface area contributed by atoms with Gasteiger partial charge in [-0.3, -0.25) is 4.99 Å². The van der Waals surface area contributed by atoms with Gasteiger partial charge in [0, 0.05) is 34.6 Å². The molecule has 4 nitrogen and oxygen atoms in total. The second-order valence-electron chi connectivity index (χ2n) is 16.3. The van der Waals surface area contributed by atoms with Crippen molar-refractivity contribution in [1.82, 2.24) is 10.6 Å². The number of fused-ring (bicyclic) bond motifs is 8. The zero-order chi connectivity index (χ0) is 41.0. The number of nitrogens with zero attached hydrogens (tertiary/aromatic N) is 1. The maximum absolute atomic E-state index is 6.56. The summed E-state index contributed by atoms with van der Waals surface area (Å²) in [6.07, 6.45) is 6.48. The lowest BCUT2D eigenvalue weighted by molar-refractivity contribution is 0.429. The molecule has 1 aliphatic carbocycles. The Balaban J connectivity index is 0.888. The van der Waals surface area contributed by atoms with Gasteiger partial charge in [0.2, 0.25) is 0 Å². The van der Waals surface area contributed by atoms with Crippen molar-refractivity contribution in [1.29, 1.82) is 0 Å². The first kappa shape index (κ1) is 35.9. The molecule has 0 fully saturated rings. The molecule has 0 radical (unpaired) electrons. The fraction of sp³-hybridized carbons (Fsp3) is 0.0517. The van der Waals surface area contributed by atoms with Gasteiger partial charge < -0.3 is 15.4 Å². The molecule has 4 aliphatic rings. The van der Waals surface area contributed by atoms with Gasteiger partial charge in [-0.25, -0.2) is 0 Å². The zero-order valence-corrected chi connectivity index (χ0v) is 33.9. The van der Waals surface area contributed by atoms with Gasteiger partial charge in [-0.2, -0.15) is 0 Å². The van der Waals surface area contributed by atoms with E-state index < -0.39 is 5.41 Å². The number of benzene rings is 8. The van der Waals surface area contributed by atoms with Crippen LogP contribution in [0.25, 0.3) is 44.7 Å². The number of hydrogen-bond donors (Lipinski definition) is 2. The molecule has 3 heterocycles. The molecule has 8 aromatic rings. The largest absolute Gasteiger partial charge is 0.457 e. The molecule has 12 rings (SSSR count). The van der Waals surface area contributed by atoms with Gasteiger partial charge in [-0.15, -0.1) is 0 Å². The molecule has 0 saturated carbocycles. The van der Waals surface area contributed by atoms with Crippen LogP contribution >= 0.6 is 0 Å². The molecule has 62 heavy (non-hydrogen) atoms. The van der Waals surface area contributed by atoms with Crippen LogP contribution in [-0.2, 0) is 5.41 Å². The predicted molar refractivity (Wildman–Crippen MR) is 253 cm³/mol. The summed E-state index contributed by atoms with van der Waals surface area (Å²) in [6.45, 7) is 0.786. The van der Waals surface area contributed by atoms with Gasteiger partial charge in [0.1, 0.15) is 17.7 Å². The Hall–Kier alpha value is -7.95. The summed E-state index contributed by atoms with van der Waals surface area (Å²) in [7, 11) is 0. The van der Waals surface area contributed by atoms with Gasteiger partial charge in [0.15, 0.2) is 0 Å². The molecule has 0 amide bonds. The van der Waals surface area contributed by atoms with Crippen molar-refractivity contribution in [3.05, 3.63) is 263 Å². The Bertz CT molecular complexity index is 3110. The van der Waals surface area contributed by atoms with Gasteiger partial charge in [-0.05, 0) is 91.5 Å². The van der Waals surface area contributed by atoms with Gasteiger partial charge in [0.05, 0.1) is 11.1 Å². The standard InChI is InChI=1S/C58H41N3O/c1-3-13-38(14-4-1)39-28-30-42(31-29-39)52-37-53(61-57(60-52)43-15-5-2-6-16-43)46-18-11-17-44(35-46)40-24-26-41(27-25-40)45-32-33-47-48-19-12-34-59-56(48)58(51(47)36-45)49-20-7-9-22-54(49)62-55-23-10-8-21-50(55)58/h1-33,35-37,57,59,61H,34H2. The molecular formula is C58H41N3O.